The van der Waals surface area contributed by atoms with Crippen LogP contribution in [0.4, 0.5) is 4.39 Å². The van der Waals surface area contributed by atoms with Crippen molar-refractivity contribution in [3.63, 3.8) is 0 Å². The molecule has 2 aliphatic heterocycles. The summed E-state index contributed by atoms with van der Waals surface area (Å²) >= 11 is 0. The lowest BCUT2D eigenvalue weighted by atomic mass is 10.0. The van der Waals surface area contributed by atoms with Crippen molar-refractivity contribution in [3.05, 3.63) is 64.7 Å². The zero-order chi connectivity index (χ0) is 24.2. The third-order valence-electron chi connectivity index (χ3n) is 6.32. The van der Waals surface area contributed by atoms with Crippen LogP contribution in [0.15, 0.2) is 42.5 Å². The summed E-state index contributed by atoms with van der Waals surface area (Å²) in [6.45, 7) is 3.65. The van der Waals surface area contributed by atoms with E-state index in [1.807, 2.05) is 37.4 Å². The van der Waals surface area contributed by atoms with Crippen molar-refractivity contribution >= 4 is 17.7 Å². The van der Waals surface area contributed by atoms with E-state index in [0.29, 0.717) is 37.3 Å². The van der Waals surface area contributed by atoms with Gasteiger partial charge in [-0.1, -0.05) is 30.3 Å². The van der Waals surface area contributed by atoms with E-state index >= 15 is 0 Å². The Bertz CT molecular complexity index is 1070. The van der Waals surface area contributed by atoms with Crippen molar-refractivity contribution in [1.82, 2.24) is 15.1 Å². The Balaban J connectivity index is 1.37. The Morgan fingerprint density at radius 3 is 2.59 bits per heavy atom. The van der Waals surface area contributed by atoms with Crippen molar-refractivity contribution < 1.29 is 23.5 Å². The van der Waals surface area contributed by atoms with E-state index in [2.05, 4.69) is 10.2 Å². The maximum absolute atomic E-state index is 13.0. The first-order valence-electron chi connectivity index (χ1n) is 11.6. The van der Waals surface area contributed by atoms with Gasteiger partial charge >= 0.3 is 0 Å². The van der Waals surface area contributed by atoms with Gasteiger partial charge in [0.25, 0.3) is 5.91 Å². The quantitative estimate of drug-likeness (QED) is 0.573. The largest absolute Gasteiger partial charge is 0.489 e. The Hall–Kier alpha value is -3.26. The summed E-state index contributed by atoms with van der Waals surface area (Å²) in [7, 11) is 1.98. The lowest BCUT2D eigenvalue weighted by molar-refractivity contribution is -0.136. The fourth-order valence-electron chi connectivity index (χ4n) is 4.38. The first kappa shape index (κ1) is 23.9. The number of imide groups is 1. The molecule has 2 atom stereocenters. The molecule has 3 amide bonds. The van der Waals surface area contributed by atoms with E-state index in [1.165, 1.54) is 4.90 Å². The van der Waals surface area contributed by atoms with Crippen LogP contribution in [0.1, 0.15) is 53.2 Å². The van der Waals surface area contributed by atoms with Crippen molar-refractivity contribution in [2.75, 3.05) is 13.6 Å². The summed E-state index contributed by atoms with van der Waals surface area (Å²) in [4.78, 5) is 40.3. The van der Waals surface area contributed by atoms with Gasteiger partial charge in [0, 0.05) is 30.6 Å². The number of hydrogen-bond acceptors (Lipinski definition) is 5. The first-order valence-corrected chi connectivity index (χ1v) is 11.6. The van der Waals surface area contributed by atoms with Crippen molar-refractivity contribution in [1.29, 1.82) is 0 Å². The number of nitrogens with one attached hydrogen (secondary N) is 1. The van der Waals surface area contributed by atoms with Crippen LogP contribution in [-0.4, -0.2) is 53.3 Å². The molecule has 2 aromatic rings. The SMILES string of the molecule is CC(F)CCN(C)Cc1ccc(COc2cccc3c2CN(C2CCC(=O)NC2=O)C3=O)cc1. The average molecular weight is 468 g/mol. The van der Waals surface area contributed by atoms with E-state index in [4.69, 9.17) is 4.74 Å². The van der Waals surface area contributed by atoms with Crippen LogP contribution >= 0.6 is 0 Å². The smallest absolute Gasteiger partial charge is 0.255 e. The molecule has 1 N–H and O–H groups in total. The summed E-state index contributed by atoms with van der Waals surface area (Å²) in [5, 5.41) is 2.32. The average Bonchev–Trinajstić information content (AvgIpc) is 3.14. The fraction of sp³-hybridized carbons (Fsp3) is 0.423. The number of piperidine rings is 1. The molecule has 8 heteroatoms. The molecule has 2 heterocycles. The number of amides is 3. The minimum atomic E-state index is -0.798. The number of alkyl halides is 1. The maximum atomic E-state index is 13.0. The van der Waals surface area contributed by atoms with E-state index in [-0.39, 0.29) is 24.8 Å². The normalized spacial score (nSPS) is 18.8. The predicted molar refractivity (Wildman–Crippen MR) is 125 cm³/mol. The number of nitrogens with zero attached hydrogens (tertiary/aromatic N) is 2. The number of halogens is 1. The molecule has 2 aromatic carbocycles. The van der Waals surface area contributed by atoms with Gasteiger partial charge in [0.2, 0.25) is 11.8 Å². The molecule has 0 saturated carbocycles. The number of rotatable bonds is 9. The number of carbonyl (C=O) groups excluding carboxylic acids is 3. The van der Waals surface area contributed by atoms with E-state index < -0.39 is 18.1 Å². The Morgan fingerprint density at radius 2 is 1.88 bits per heavy atom. The van der Waals surface area contributed by atoms with Crippen LogP contribution in [0.5, 0.6) is 5.75 Å². The van der Waals surface area contributed by atoms with Gasteiger partial charge < -0.3 is 14.5 Å². The van der Waals surface area contributed by atoms with Gasteiger partial charge in [-0.3, -0.25) is 19.7 Å². The second-order valence-corrected chi connectivity index (χ2v) is 9.09. The summed E-state index contributed by atoms with van der Waals surface area (Å²) in [6.07, 6.45) is 0.274. The minimum Gasteiger partial charge on any atom is -0.489 e. The molecule has 2 unspecified atom stereocenters. The molecule has 34 heavy (non-hydrogen) atoms. The van der Waals surface area contributed by atoms with Crippen LogP contribution in [0.25, 0.3) is 0 Å². The molecule has 0 aliphatic carbocycles. The topological polar surface area (TPSA) is 79.0 Å². The second-order valence-electron chi connectivity index (χ2n) is 9.09. The van der Waals surface area contributed by atoms with Crippen LogP contribution in [0.3, 0.4) is 0 Å². The monoisotopic (exact) mass is 467 g/mol. The molecule has 0 aromatic heterocycles. The van der Waals surface area contributed by atoms with Crippen LogP contribution in [0.2, 0.25) is 0 Å². The van der Waals surface area contributed by atoms with Crippen LogP contribution < -0.4 is 10.1 Å². The minimum absolute atomic E-state index is 0.217. The van der Waals surface area contributed by atoms with Gasteiger partial charge in [-0.2, -0.15) is 0 Å². The lowest BCUT2D eigenvalue weighted by Crippen LogP contribution is -2.52. The van der Waals surface area contributed by atoms with Gasteiger partial charge in [0.15, 0.2) is 0 Å². The van der Waals surface area contributed by atoms with Crippen LogP contribution in [-0.2, 0) is 29.3 Å². The standard InChI is InChI=1S/C26H30FN3O4/c1-17(27)12-13-29(2)14-18-6-8-19(9-7-18)16-34-23-5-3-4-20-21(23)15-30(26(20)33)22-10-11-24(31)28-25(22)32/h3-9,17,22H,10-16H2,1-2H3,(H,28,31,32). The summed E-state index contributed by atoms with van der Waals surface area (Å²) in [5.74, 6) is -0.332. The molecule has 180 valence electrons. The highest BCUT2D eigenvalue weighted by Crippen LogP contribution is 2.34. The number of benzene rings is 2. The zero-order valence-electron chi connectivity index (χ0n) is 19.6. The van der Waals surface area contributed by atoms with Gasteiger partial charge in [0.05, 0.1) is 12.7 Å². The molecule has 0 bridgehead atoms. The van der Waals surface area contributed by atoms with E-state index in [9.17, 15) is 18.8 Å². The molecule has 4 rings (SSSR count). The first-order chi connectivity index (χ1) is 16.3. The summed E-state index contributed by atoms with van der Waals surface area (Å²) in [6, 6.07) is 12.8. The van der Waals surface area contributed by atoms with Crippen molar-refractivity contribution in [3.8, 4) is 5.75 Å². The zero-order valence-corrected chi connectivity index (χ0v) is 19.6. The third kappa shape index (κ3) is 5.44. The second kappa shape index (κ2) is 10.3. The predicted octanol–water partition coefficient (Wildman–Crippen LogP) is 3.21. The fourth-order valence-corrected chi connectivity index (χ4v) is 4.38. The Labute approximate surface area is 198 Å². The molecule has 0 spiro atoms. The molecule has 1 saturated heterocycles. The van der Waals surface area contributed by atoms with Gasteiger partial charge in [-0.15, -0.1) is 0 Å². The molecule has 2 aliphatic rings. The summed E-state index contributed by atoms with van der Waals surface area (Å²) in [5.41, 5.74) is 3.43. The molecule has 0 radical (unpaired) electrons. The van der Waals surface area contributed by atoms with E-state index in [0.717, 1.165) is 23.2 Å². The van der Waals surface area contributed by atoms with Crippen molar-refractivity contribution in [2.24, 2.45) is 0 Å². The maximum Gasteiger partial charge on any atom is 0.255 e. The third-order valence-corrected chi connectivity index (χ3v) is 6.32. The van der Waals surface area contributed by atoms with Gasteiger partial charge in [-0.05, 0) is 50.1 Å². The van der Waals surface area contributed by atoms with E-state index in [1.54, 1.807) is 19.1 Å². The van der Waals surface area contributed by atoms with Crippen LogP contribution in [0, 0.1) is 0 Å². The molecular weight excluding hydrogens is 437 g/mol. The number of ether oxygens (including phenoxy) is 1. The number of carbonyl (C=O) groups is 3. The highest BCUT2D eigenvalue weighted by molar-refractivity contribution is 6.05. The van der Waals surface area contributed by atoms with Gasteiger partial charge in [0.1, 0.15) is 18.4 Å². The van der Waals surface area contributed by atoms with Crippen molar-refractivity contribution in [2.45, 2.75) is 58.1 Å². The van der Waals surface area contributed by atoms with Gasteiger partial charge in [-0.25, -0.2) is 4.39 Å². The molecule has 1 fully saturated rings. The summed E-state index contributed by atoms with van der Waals surface area (Å²) < 4.78 is 19.1. The molecular formula is C26H30FN3O4. The molecule has 7 nitrogen and oxygen atoms in total. The highest BCUT2D eigenvalue weighted by Gasteiger charge is 2.40. The highest BCUT2D eigenvalue weighted by atomic mass is 19.1. The Kier molecular flexibility index (Phi) is 7.26. The number of fused-ring (bicyclic) bond motifs is 1. The number of hydrogen-bond donors (Lipinski definition) is 1. The Morgan fingerprint density at radius 1 is 1.15 bits per heavy atom. The lowest BCUT2D eigenvalue weighted by Gasteiger charge is -2.29.